The molecule has 0 spiro atoms. The Balaban J connectivity index is 0.00000364. The molecule has 1 aliphatic heterocycles. The minimum atomic E-state index is -0.127. The number of hydrogen-bond donors (Lipinski definition) is 3. The first-order chi connectivity index (χ1) is 12.6. The zero-order valence-electron chi connectivity index (χ0n) is 16.0. The number of likely N-dealkylation sites (tertiary alicyclic amines) is 1. The number of pyridine rings is 1. The third-order valence-corrected chi connectivity index (χ3v) is 4.00. The number of nitrogens with zero attached hydrogens (tertiary/aromatic N) is 3. The number of halogens is 1. The van der Waals surface area contributed by atoms with Gasteiger partial charge in [0.2, 0.25) is 11.8 Å². The molecule has 0 aliphatic carbocycles. The van der Waals surface area contributed by atoms with Crippen molar-refractivity contribution in [2.75, 3.05) is 38.0 Å². The van der Waals surface area contributed by atoms with Gasteiger partial charge < -0.3 is 20.9 Å². The van der Waals surface area contributed by atoms with E-state index < -0.39 is 0 Å². The Morgan fingerprint density at radius 1 is 1.22 bits per heavy atom. The lowest BCUT2D eigenvalue weighted by atomic mass is 10.3. The van der Waals surface area contributed by atoms with Crippen LogP contribution in [-0.4, -0.2) is 60.4 Å². The Morgan fingerprint density at radius 3 is 2.59 bits per heavy atom. The normalized spacial score (nSPS) is 13.7. The maximum Gasteiger partial charge on any atom is 0.244 e. The van der Waals surface area contributed by atoms with Crippen LogP contribution in [0.4, 0.5) is 5.82 Å². The Labute approximate surface area is 177 Å². The maximum atomic E-state index is 12.1. The number of aliphatic imine (C=N–C) groups is 1. The molecule has 2 heterocycles. The highest BCUT2D eigenvalue weighted by molar-refractivity contribution is 14.0. The predicted molar refractivity (Wildman–Crippen MR) is 117 cm³/mol. The lowest BCUT2D eigenvalue weighted by Crippen LogP contribution is -2.40. The summed E-state index contributed by atoms with van der Waals surface area (Å²) in [7, 11) is 0. The zero-order valence-corrected chi connectivity index (χ0v) is 18.3. The average molecular weight is 488 g/mol. The van der Waals surface area contributed by atoms with Gasteiger partial charge in [0.25, 0.3) is 0 Å². The Hall–Kier alpha value is -1.91. The number of carbonyl (C=O) groups excluding carboxylic acids is 2. The molecule has 2 amide bonds. The molecule has 0 unspecified atom stereocenters. The average Bonchev–Trinajstić information content (AvgIpc) is 3.16. The van der Waals surface area contributed by atoms with E-state index in [1.165, 1.54) is 0 Å². The highest BCUT2D eigenvalue weighted by Gasteiger charge is 2.17. The fourth-order valence-corrected chi connectivity index (χ4v) is 2.60. The molecule has 0 bridgehead atoms. The van der Waals surface area contributed by atoms with Crippen molar-refractivity contribution >= 4 is 47.6 Å². The van der Waals surface area contributed by atoms with Gasteiger partial charge in [0.05, 0.1) is 0 Å². The van der Waals surface area contributed by atoms with Gasteiger partial charge in [-0.25, -0.2) is 9.98 Å². The smallest absolute Gasteiger partial charge is 0.244 e. The monoisotopic (exact) mass is 488 g/mol. The van der Waals surface area contributed by atoms with E-state index >= 15 is 0 Å². The second-order valence-electron chi connectivity index (χ2n) is 6.23. The van der Waals surface area contributed by atoms with Crippen LogP contribution < -0.4 is 16.0 Å². The Kier molecular flexibility index (Phi) is 10.7. The third kappa shape index (κ3) is 8.55. The van der Waals surface area contributed by atoms with Crippen LogP contribution in [0.15, 0.2) is 23.3 Å². The first-order valence-electron chi connectivity index (χ1n) is 9.11. The minimum Gasteiger partial charge on any atom is -0.357 e. The van der Waals surface area contributed by atoms with Crippen molar-refractivity contribution in [3.05, 3.63) is 23.9 Å². The van der Waals surface area contributed by atoms with E-state index in [1.807, 2.05) is 24.8 Å². The van der Waals surface area contributed by atoms with Gasteiger partial charge in [-0.1, -0.05) is 6.07 Å². The number of aryl methyl sites for hydroxylation is 1. The summed E-state index contributed by atoms with van der Waals surface area (Å²) in [6.45, 7) is 6.77. The van der Waals surface area contributed by atoms with Crippen molar-refractivity contribution in [3.8, 4) is 0 Å². The van der Waals surface area contributed by atoms with Gasteiger partial charge in [0.1, 0.15) is 12.4 Å². The van der Waals surface area contributed by atoms with E-state index in [-0.39, 0.29) is 48.8 Å². The Bertz CT molecular complexity index is 629. The van der Waals surface area contributed by atoms with Gasteiger partial charge in [0.15, 0.2) is 5.96 Å². The zero-order chi connectivity index (χ0) is 18.8. The summed E-state index contributed by atoms with van der Waals surface area (Å²) in [5.41, 5.74) is 1.04. The second-order valence-corrected chi connectivity index (χ2v) is 6.23. The molecular weight excluding hydrogens is 459 g/mol. The van der Waals surface area contributed by atoms with Gasteiger partial charge >= 0.3 is 0 Å². The van der Waals surface area contributed by atoms with Crippen LogP contribution in [0.2, 0.25) is 0 Å². The maximum absolute atomic E-state index is 12.1. The van der Waals surface area contributed by atoms with Gasteiger partial charge in [-0.2, -0.15) is 0 Å². The lowest BCUT2D eigenvalue weighted by molar-refractivity contribution is -0.128. The molecule has 0 saturated carbocycles. The van der Waals surface area contributed by atoms with Crippen LogP contribution in [0.25, 0.3) is 0 Å². The molecule has 0 radical (unpaired) electrons. The molecule has 150 valence electrons. The highest BCUT2D eigenvalue weighted by atomic mass is 127. The number of guanidine groups is 1. The molecule has 8 nitrogen and oxygen atoms in total. The molecule has 0 aromatic carbocycles. The summed E-state index contributed by atoms with van der Waals surface area (Å²) in [6.07, 6.45) is 4.12. The standard InChI is InChI=1S/C18H28N6O2.HI/c1-3-19-18(22-13-17(26)24-10-4-5-11-24)20-9-8-16(25)23-15-7-6-14(2)12-21-15;/h6-7,12H,3-5,8-11,13H2,1-2H3,(H2,19,20,22)(H,21,23,25);1H. The molecule has 3 N–H and O–H groups in total. The number of hydrogen-bond acceptors (Lipinski definition) is 4. The van der Waals surface area contributed by atoms with Crippen molar-refractivity contribution in [3.63, 3.8) is 0 Å². The molecule has 0 atom stereocenters. The molecule has 1 saturated heterocycles. The molecule has 1 aromatic heterocycles. The van der Waals surface area contributed by atoms with E-state index in [0.717, 1.165) is 31.5 Å². The van der Waals surface area contributed by atoms with Crippen molar-refractivity contribution in [2.24, 2.45) is 4.99 Å². The number of anilines is 1. The van der Waals surface area contributed by atoms with Gasteiger partial charge in [0, 0.05) is 38.8 Å². The Morgan fingerprint density at radius 2 is 1.96 bits per heavy atom. The molecule has 1 fully saturated rings. The summed E-state index contributed by atoms with van der Waals surface area (Å²) >= 11 is 0. The molecule has 9 heteroatoms. The molecule has 2 rings (SSSR count). The molecule has 1 aliphatic rings. The van der Waals surface area contributed by atoms with Gasteiger partial charge in [-0.05, 0) is 38.3 Å². The van der Waals surface area contributed by atoms with Crippen LogP contribution in [0.5, 0.6) is 0 Å². The van der Waals surface area contributed by atoms with E-state index in [4.69, 9.17) is 0 Å². The topological polar surface area (TPSA) is 98.7 Å². The third-order valence-electron chi connectivity index (χ3n) is 4.00. The van der Waals surface area contributed by atoms with Crippen LogP contribution in [0.3, 0.4) is 0 Å². The summed E-state index contributed by atoms with van der Waals surface area (Å²) in [6, 6.07) is 3.67. The molecular formula is C18H29IN6O2. The fourth-order valence-electron chi connectivity index (χ4n) is 2.60. The van der Waals surface area contributed by atoms with Crippen molar-refractivity contribution in [1.29, 1.82) is 0 Å². The molecule has 1 aromatic rings. The first-order valence-corrected chi connectivity index (χ1v) is 9.11. The van der Waals surface area contributed by atoms with Crippen LogP contribution in [0.1, 0.15) is 31.7 Å². The highest BCUT2D eigenvalue weighted by Crippen LogP contribution is 2.07. The van der Waals surface area contributed by atoms with Crippen molar-refractivity contribution in [2.45, 2.75) is 33.1 Å². The number of nitrogens with one attached hydrogen (secondary N) is 3. The van der Waals surface area contributed by atoms with E-state index in [1.54, 1.807) is 12.3 Å². The summed E-state index contributed by atoms with van der Waals surface area (Å²) in [5, 5.41) is 8.91. The second kappa shape index (κ2) is 12.5. The van der Waals surface area contributed by atoms with E-state index in [9.17, 15) is 9.59 Å². The van der Waals surface area contributed by atoms with Crippen LogP contribution in [-0.2, 0) is 9.59 Å². The summed E-state index contributed by atoms with van der Waals surface area (Å²) in [5.74, 6) is 0.999. The first kappa shape index (κ1) is 23.1. The molecule has 27 heavy (non-hydrogen) atoms. The number of amides is 2. The van der Waals surface area contributed by atoms with E-state index in [0.29, 0.717) is 24.9 Å². The largest absolute Gasteiger partial charge is 0.357 e. The van der Waals surface area contributed by atoms with Gasteiger partial charge in [-0.3, -0.25) is 9.59 Å². The predicted octanol–water partition coefficient (Wildman–Crippen LogP) is 1.51. The lowest BCUT2D eigenvalue weighted by Gasteiger charge is -2.15. The SMILES string of the molecule is CCNC(=NCC(=O)N1CCCC1)NCCC(=O)Nc1ccc(C)cn1.I. The minimum absolute atomic E-state index is 0. The summed E-state index contributed by atoms with van der Waals surface area (Å²) < 4.78 is 0. The number of aromatic nitrogens is 1. The quantitative estimate of drug-likeness (QED) is 0.307. The number of rotatable bonds is 7. The van der Waals surface area contributed by atoms with Crippen LogP contribution in [0, 0.1) is 6.92 Å². The summed E-state index contributed by atoms with van der Waals surface area (Å²) in [4.78, 5) is 34.3. The van der Waals surface area contributed by atoms with E-state index in [2.05, 4.69) is 25.9 Å². The fraction of sp³-hybridized carbons (Fsp3) is 0.556. The van der Waals surface area contributed by atoms with Crippen LogP contribution >= 0.6 is 24.0 Å². The van der Waals surface area contributed by atoms with Gasteiger partial charge in [-0.15, -0.1) is 24.0 Å². The number of carbonyl (C=O) groups is 2. The van der Waals surface area contributed by atoms with Crippen molar-refractivity contribution in [1.82, 2.24) is 20.5 Å². The van der Waals surface area contributed by atoms with Crippen molar-refractivity contribution < 1.29 is 9.59 Å².